The molecule has 0 saturated heterocycles. The molecule has 8 heteroatoms. The standard InChI is InChI=1S/C19H17N3O4S/c1-14-6-8-15(9-7-14)12-21-10-11-27-19(21)20-18(23)13-26-17-5-3-2-4-16(17)22(24)25/h2-11H,12-13H2,1H3. The van der Waals surface area contributed by atoms with Crippen LogP contribution in [0.5, 0.6) is 5.75 Å². The second-order valence-corrected chi connectivity index (χ2v) is 6.69. The van der Waals surface area contributed by atoms with Crippen LogP contribution in [0.1, 0.15) is 11.1 Å². The first-order valence-corrected chi connectivity index (χ1v) is 9.04. The van der Waals surface area contributed by atoms with Crippen LogP contribution in [0.15, 0.2) is 65.1 Å². The van der Waals surface area contributed by atoms with Crippen molar-refractivity contribution in [3.8, 4) is 5.75 Å². The lowest BCUT2D eigenvalue weighted by Gasteiger charge is -2.05. The molecule has 0 radical (unpaired) electrons. The molecular weight excluding hydrogens is 366 g/mol. The van der Waals surface area contributed by atoms with E-state index in [1.54, 1.807) is 6.07 Å². The minimum Gasteiger partial charge on any atom is -0.477 e. The van der Waals surface area contributed by atoms with Gasteiger partial charge in [0.1, 0.15) is 0 Å². The molecule has 27 heavy (non-hydrogen) atoms. The third-order valence-corrected chi connectivity index (χ3v) is 4.56. The average molecular weight is 383 g/mol. The predicted molar refractivity (Wildman–Crippen MR) is 102 cm³/mol. The highest BCUT2D eigenvalue weighted by Crippen LogP contribution is 2.25. The van der Waals surface area contributed by atoms with Crippen LogP contribution >= 0.6 is 11.3 Å². The fourth-order valence-corrected chi connectivity index (χ4v) is 3.15. The molecule has 2 aromatic carbocycles. The first-order chi connectivity index (χ1) is 13.0. The monoisotopic (exact) mass is 383 g/mol. The van der Waals surface area contributed by atoms with Crippen LogP contribution in [-0.4, -0.2) is 22.0 Å². The number of carbonyl (C=O) groups is 1. The highest BCUT2D eigenvalue weighted by Gasteiger charge is 2.14. The van der Waals surface area contributed by atoms with Gasteiger partial charge in [-0.1, -0.05) is 42.0 Å². The van der Waals surface area contributed by atoms with Crippen molar-refractivity contribution in [1.82, 2.24) is 4.57 Å². The molecule has 1 amide bonds. The van der Waals surface area contributed by atoms with Crippen molar-refractivity contribution >= 4 is 22.9 Å². The summed E-state index contributed by atoms with van der Waals surface area (Å²) in [7, 11) is 0. The van der Waals surface area contributed by atoms with E-state index in [1.165, 1.54) is 35.1 Å². The van der Waals surface area contributed by atoms with Crippen molar-refractivity contribution < 1.29 is 14.5 Å². The van der Waals surface area contributed by atoms with E-state index in [-0.39, 0.29) is 18.0 Å². The van der Waals surface area contributed by atoms with E-state index < -0.39 is 10.8 Å². The molecule has 138 valence electrons. The maximum atomic E-state index is 12.1. The Bertz CT molecular complexity index is 1020. The average Bonchev–Trinajstić information content (AvgIpc) is 3.08. The number of ether oxygens (including phenoxy) is 1. The lowest BCUT2D eigenvalue weighted by atomic mass is 10.1. The molecule has 0 fully saturated rings. The largest absolute Gasteiger partial charge is 0.477 e. The van der Waals surface area contributed by atoms with Crippen LogP contribution in [0.25, 0.3) is 0 Å². The van der Waals surface area contributed by atoms with E-state index in [4.69, 9.17) is 4.74 Å². The Morgan fingerprint density at radius 2 is 1.96 bits per heavy atom. The predicted octanol–water partition coefficient (Wildman–Crippen LogP) is 3.32. The topological polar surface area (TPSA) is 86.7 Å². The molecule has 0 spiro atoms. The van der Waals surface area contributed by atoms with Gasteiger partial charge in [-0.3, -0.25) is 14.9 Å². The Morgan fingerprint density at radius 3 is 2.70 bits per heavy atom. The fraction of sp³-hybridized carbons (Fsp3) is 0.158. The number of hydrogen-bond acceptors (Lipinski definition) is 5. The van der Waals surface area contributed by atoms with Crippen molar-refractivity contribution in [2.45, 2.75) is 13.5 Å². The van der Waals surface area contributed by atoms with Crippen LogP contribution in [0, 0.1) is 17.0 Å². The summed E-state index contributed by atoms with van der Waals surface area (Å²) in [6.07, 6.45) is 1.86. The van der Waals surface area contributed by atoms with Gasteiger partial charge in [-0.15, -0.1) is 11.3 Å². The lowest BCUT2D eigenvalue weighted by molar-refractivity contribution is -0.385. The Morgan fingerprint density at radius 1 is 1.22 bits per heavy atom. The number of carbonyl (C=O) groups excluding carboxylic acids is 1. The molecule has 0 saturated carbocycles. The van der Waals surface area contributed by atoms with E-state index in [0.29, 0.717) is 11.3 Å². The normalized spacial score (nSPS) is 11.4. The first-order valence-electron chi connectivity index (χ1n) is 8.16. The van der Waals surface area contributed by atoms with Crippen LogP contribution in [0.2, 0.25) is 0 Å². The molecule has 7 nitrogen and oxygen atoms in total. The second-order valence-electron chi connectivity index (χ2n) is 5.82. The molecule has 3 rings (SSSR count). The Balaban J connectivity index is 1.70. The highest BCUT2D eigenvalue weighted by atomic mass is 32.1. The summed E-state index contributed by atoms with van der Waals surface area (Å²) in [6.45, 7) is 2.26. The number of benzene rings is 2. The van der Waals surface area contributed by atoms with Gasteiger partial charge in [0.05, 0.1) is 4.92 Å². The number of amides is 1. The summed E-state index contributed by atoms with van der Waals surface area (Å²) in [4.78, 5) is 27.2. The van der Waals surface area contributed by atoms with Crippen molar-refractivity contribution in [3.63, 3.8) is 0 Å². The Labute approximate surface area is 159 Å². The van der Waals surface area contributed by atoms with Crippen molar-refractivity contribution in [1.29, 1.82) is 0 Å². The van der Waals surface area contributed by atoms with Crippen LogP contribution in [0.3, 0.4) is 0 Å². The summed E-state index contributed by atoms with van der Waals surface area (Å²) in [5.41, 5.74) is 2.10. The number of aryl methyl sites for hydroxylation is 1. The SMILES string of the molecule is Cc1ccc(Cn2ccsc2=NC(=O)COc2ccccc2[N+](=O)[O-])cc1. The number of nitrogens with zero attached hydrogens (tertiary/aromatic N) is 3. The Kier molecular flexibility index (Phi) is 5.77. The molecule has 3 aromatic rings. The van der Waals surface area contributed by atoms with Gasteiger partial charge in [0.25, 0.3) is 5.91 Å². The molecule has 0 aliphatic rings. The maximum Gasteiger partial charge on any atom is 0.310 e. The summed E-state index contributed by atoms with van der Waals surface area (Å²) in [5, 5.41) is 12.8. The molecule has 1 aromatic heterocycles. The van der Waals surface area contributed by atoms with Crippen molar-refractivity contribution in [2.24, 2.45) is 4.99 Å². The van der Waals surface area contributed by atoms with E-state index >= 15 is 0 Å². The Hall–Kier alpha value is -3.26. The molecule has 0 atom stereocenters. The van der Waals surface area contributed by atoms with Gasteiger partial charge < -0.3 is 9.30 Å². The number of para-hydroxylation sites is 2. The van der Waals surface area contributed by atoms with Gasteiger partial charge in [0, 0.05) is 24.2 Å². The summed E-state index contributed by atoms with van der Waals surface area (Å²) >= 11 is 1.34. The van der Waals surface area contributed by atoms with Gasteiger partial charge in [-0.2, -0.15) is 4.99 Å². The van der Waals surface area contributed by atoms with E-state index in [0.717, 1.165) is 5.56 Å². The number of nitro groups is 1. The van der Waals surface area contributed by atoms with Gasteiger partial charge >= 0.3 is 5.69 Å². The van der Waals surface area contributed by atoms with Crippen LogP contribution in [-0.2, 0) is 11.3 Å². The first kappa shape index (κ1) is 18.5. The molecule has 0 unspecified atom stereocenters. The second kappa shape index (κ2) is 8.41. The molecule has 0 aliphatic carbocycles. The van der Waals surface area contributed by atoms with E-state index in [9.17, 15) is 14.9 Å². The summed E-state index contributed by atoms with van der Waals surface area (Å²) in [6, 6.07) is 14.1. The smallest absolute Gasteiger partial charge is 0.310 e. The zero-order chi connectivity index (χ0) is 19.2. The molecule has 0 aliphatic heterocycles. The number of thiazole rings is 1. The number of rotatable bonds is 6. The van der Waals surface area contributed by atoms with Crippen LogP contribution < -0.4 is 9.54 Å². The molecular formula is C19H17N3O4S. The van der Waals surface area contributed by atoms with Gasteiger partial charge in [0.2, 0.25) is 0 Å². The quantitative estimate of drug-likeness (QED) is 0.483. The lowest BCUT2D eigenvalue weighted by Crippen LogP contribution is -2.19. The van der Waals surface area contributed by atoms with E-state index in [2.05, 4.69) is 4.99 Å². The summed E-state index contributed by atoms with van der Waals surface area (Å²) in [5.74, 6) is -0.460. The highest BCUT2D eigenvalue weighted by molar-refractivity contribution is 7.07. The summed E-state index contributed by atoms with van der Waals surface area (Å²) < 4.78 is 7.16. The number of aromatic nitrogens is 1. The van der Waals surface area contributed by atoms with Crippen molar-refractivity contribution in [2.75, 3.05) is 6.61 Å². The van der Waals surface area contributed by atoms with Crippen molar-refractivity contribution in [3.05, 3.63) is 86.2 Å². The molecule has 0 N–H and O–H groups in total. The number of hydrogen-bond donors (Lipinski definition) is 0. The minimum atomic E-state index is -0.550. The minimum absolute atomic E-state index is 0.0461. The van der Waals surface area contributed by atoms with Gasteiger partial charge in [-0.05, 0) is 18.6 Å². The third kappa shape index (κ3) is 4.89. The van der Waals surface area contributed by atoms with Crippen LogP contribution in [0.4, 0.5) is 5.69 Å². The molecule has 1 heterocycles. The van der Waals surface area contributed by atoms with Gasteiger partial charge in [0.15, 0.2) is 17.2 Å². The number of nitro benzene ring substituents is 1. The zero-order valence-electron chi connectivity index (χ0n) is 14.6. The van der Waals surface area contributed by atoms with E-state index in [1.807, 2.05) is 47.3 Å². The zero-order valence-corrected chi connectivity index (χ0v) is 15.4. The van der Waals surface area contributed by atoms with Gasteiger partial charge in [-0.25, -0.2) is 0 Å². The maximum absolute atomic E-state index is 12.1. The molecule has 0 bridgehead atoms. The fourth-order valence-electron chi connectivity index (χ4n) is 2.41. The third-order valence-electron chi connectivity index (χ3n) is 3.77.